The number of ether oxygens (including phenoxy) is 1. The number of nitrogens with zero attached hydrogens (tertiary/aromatic N) is 3. The van der Waals surface area contributed by atoms with Gasteiger partial charge in [-0.2, -0.15) is 4.31 Å². The van der Waals surface area contributed by atoms with Crippen molar-refractivity contribution in [1.82, 2.24) is 19.4 Å². The molecule has 8 nitrogen and oxygen atoms in total. The molecule has 0 bridgehead atoms. The zero-order chi connectivity index (χ0) is 26.9. The van der Waals surface area contributed by atoms with Crippen molar-refractivity contribution in [2.75, 3.05) is 33.2 Å². The Bertz CT molecular complexity index is 1260. The quantitative estimate of drug-likeness (QED) is 0.630. The van der Waals surface area contributed by atoms with Crippen molar-refractivity contribution in [2.24, 2.45) is 0 Å². The van der Waals surface area contributed by atoms with E-state index in [-0.39, 0.29) is 23.3 Å². The van der Waals surface area contributed by atoms with Crippen LogP contribution in [0.5, 0.6) is 5.75 Å². The Morgan fingerprint density at radius 3 is 2.54 bits per heavy atom. The number of urea groups is 1. The fraction of sp³-hybridized carbons (Fsp3) is 0.500. The zero-order valence-corrected chi connectivity index (χ0v) is 20.6. The molecule has 3 aliphatic rings. The van der Waals surface area contributed by atoms with Crippen LogP contribution in [-0.4, -0.2) is 67.8 Å². The third kappa shape index (κ3) is 5.03. The number of benzene rings is 2. The Labute approximate surface area is 212 Å². The molecule has 5 rings (SSSR count). The van der Waals surface area contributed by atoms with Gasteiger partial charge < -0.3 is 15.0 Å². The van der Waals surface area contributed by atoms with Crippen LogP contribution in [-0.2, 0) is 29.7 Å². The van der Waals surface area contributed by atoms with Crippen molar-refractivity contribution in [3.8, 4) is 5.75 Å². The van der Waals surface area contributed by atoms with Crippen LogP contribution in [0.1, 0.15) is 46.5 Å². The van der Waals surface area contributed by atoms with E-state index in [1.54, 1.807) is 12.1 Å². The van der Waals surface area contributed by atoms with E-state index in [0.29, 0.717) is 32.6 Å². The average Bonchev–Trinajstić information content (AvgIpc) is 3.23. The van der Waals surface area contributed by atoms with Gasteiger partial charge in [0.1, 0.15) is 17.3 Å². The highest BCUT2D eigenvalue weighted by Crippen LogP contribution is 2.32. The Morgan fingerprint density at radius 2 is 1.86 bits per heavy atom. The topological polar surface area (TPSA) is 82.2 Å². The lowest BCUT2D eigenvalue weighted by Gasteiger charge is -2.35. The molecule has 2 amide bonds. The summed E-state index contributed by atoms with van der Waals surface area (Å²) in [6.07, 6.45) is 3.13. The summed E-state index contributed by atoms with van der Waals surface area (Å²) < 4.78 is 56.6. The van der Waals surface area contributed by atoms with Crippen LogP contribution < -0.4 is 10.1 Å². The van der Waals surface area contributed by atoms with Gasteiger partial charge in [-0.3, -0.25) is 4.90 Å². The molecule has 9 heteroatoms. The van der Waals surface area contributed by atoms with Gasteiger partial charge in [0, 0.05) is 50.4 Å². The number of sulfonamides is 1. The van der Waals surface area contributed by atoms with Gasteiger partial charge in [-0.15, -0.1) is 0 Å². The molecule has 1 unspecified atom stereocenters. The molecule has 0 aromatic heterocycles. The first kappa shape index (κ1) is 20.6. The highest BCUT2D eigenvalue weighted by molar-refractivity contribution is 7.89. The van der Waals surface area contributed by atoms with Gasteiger partial charge in [0.25, 0.3) is 0 Å². The molecule has 1 atom stereocenters. The summed E-state index contributed by atoms with van der Waals surface area (Å²) in [5.74, 6) is 0.257. The minimum atomic E-state index is -3.73. The van der Waals surface area contributed by atoms with E-state index >= 15 is 0 Å². The maximum absolute atomic E-state index is 13.5. The summed E-state index contributed by atoms with van der Waals surface area (Å²) >= 11 is 0. The Kier molecular flexibility index (Phi) is 5.97. The van der Waals surface area contributed by atoms with Gasteiger partial charge in [0.05, 0.1) is 6.04 Å². The number of hydrogen-bond donors (Lipinski definition) is 1. The summed E-state index contributed by atoms with van der Waals surface area (Å²) in [7, 11) is -3.73. The van der Waals surface area contributed by atoms with E-state index in [1.807, 2.05) is 18.2 Å². The molecule has 3 aliphatic heterocycles. The maximum Gasteiger partial charge on any atom is 0.317 e. The van der Waals surface area contributed by atoms with Crippen molar-refractivity contribution in [2.45, 2.75) is 56.3 Å². The molecule has 2 fully saturated rings. The predicted molar refractivity (Wildman–Crippen MR) is 134 cm³/mol. The molecule has 35 heavy (non-hydrogen) atoms. The summed E-state index contributed by atoms with van der Waals surface area (Å²) in [4.78, 5) is 16.5. The van der Waals surface area contributed by atoms with Crippen LogP contribution in [0.15, 0.2) is 47.4 Å². The van der Waals surface area contributed by atoms with Crippen LogP contribution >= 0.6 is 0 Å². The third-order valence-corrected chi connectivity index (χ3v) is 9.10. The summed E-state index contributed by atoms with van der Waals surface area (Å²) in [6.45, 7) is 1.15. The van der Waals surface area contributed by atoms with E-state index in [9.17, 15) is 13.2 Å². The van der Waals surface area contributed by atoms with Crippen molar-refractivity contribution in [1.29, 1.82) is 0 Å². The number of carbonyl (C=O) groups is 1. The minimum Gasteiger partial charge on any atom is -0.490 e. The zero-order valence-electron chi connectivity index (χ0n) is 22.8. The second-order valence-electron chi connectivity index (χ2n) is 9.54. The molecule has 2 aromatic carbocycles. The van der Waals surface area contributed by atoms with Gasteiger partial charge in [0.2, 0.25) is 10.0 Å². The van der Waals surface area contributed by atoms with Crippen LogP contribution in [0.4, 0.5) is 4.79 Å². The molecule has 0 aliphatic carbocycles. The van der Waals surface area contributed by atoms with Crippen LogP contribution in [0.2, 0.25) is 0 Å². The number of rotatable bonds is 7. The standard InChI is InChI=1S/C26H34N4O4S/c1-27-26(31)30-14-5-4-9-23(30)19-34-24-11-10-20(15-25(24)35(32,33)29-12-6-13-29)16-28-17-21-7-2-3-8-22(21)18-28/h2-3,7-8,10-11,15,23H,4-6,9,12-14,16-19H2,1H3,(H,27,31)/i1D3. The second-order valence-corrected chi connectivity index (χ2v) is 11.4. The lowest BCUT2D eigenvalue weighted by Crippen LogP contribution is -2.50. The van der Waals surface area contributed by atoms with E-state index in [4.69, 9.17) is 8.85 Å². The number of nitrogens with one attached hydrogen (secondary N) is 1. The molecule has 188 valence electrons. The molecule has 2 saturated heterocycles. The fourth-order valence-electron chi connectivity index (χ4n) is 5.11. The van der Waals surface area contributed by atoms with Crippen LogP contribution in [0.3, 0.4) is 0 Å². The van der Waals surface area contributed by atoms with E-state index in [2.05, 4.69) is 22.3 Å². The SMILES string of the molecule is [2H]C([2H])([2H])NC(=O)N1CCCCC1COc1ccc(CN2Cc3ccccc3C2)cc1S(=O)(=O)N1CCC1. The molecule has 1 N–H and O–H groups in total. The maximum atomic E-state index is 13.5. The highest BCUT2D eigenvalue weighted by Gasteiger charge is 2.33. The molecular formula is C26H34N4O4S. The van der Waals surface area contributed by atoms with Crippen molar-refractivity contribution >= 4 is 16.1 Å². The Morgan fingerprint density at radius 1 is 1.09 bits per heavy atom. The lowest BCUT2D eigenvalue weighted by molar-refractivity contribution is 0.116. The minimum absolute atomic E-state index is 0.0811. The number of likely N-dealkylation sites (tertiary alicyclic amines) is 1. The van der Waals surface area contributed by atoms with Crippen LogP contribution in [0, 0.1) is 0 Å². The largest absolute Gasteiger partial charge is 0.490 e. The van der Waals surface area contributed by atoms with Crippen molar-refractivity contribution < 1.29 is 22.1 Å². The van der Waals surface area contributed by atoms with E-state index in [0.717, 1.165) is 37.9 Å². The first-order valence-electron chi connectivity index (χ1n) is 13.7. The van der Waals surface area contributed by atoms with Gasteiger partial charge in [-0.25, -0.2) is 13.2 Å². The average molecular weight is 502 g/mol. The Hall–Kier alpha value is -2.62. The molecule has 3 heterocycles. The molecule has 0 spiro atoms. The number of hydrogen-bond acceptors (Lipinski definition) is 5. The number of fused-ring (bicyclic) bond motifs is 1. The van der Waals surface area contributed by atoms with Gasteiger partial charge in [-0.05, 0) is 54.5 Å². The molecular weight excluding hydrogens is 464 g/mol. The van der Waals surface area contributed by atoms with Crippen molar-refractivity contribution in [3.63, 3.8) is 0 Å². The lowest BCUT2D eigenvalue weighted by atomic mass is 10.0. The molecule has 2 aromatic rings. The Balaban J connectivity index is 1.34. The van der Waals surface area contributed by atoms with Gasteiger partial charge in [0.15, 0.2) is 0 Å². The molecule has 0 radical (unpaired) electrons. The first-order valence-corrected chi connectivity index (χ1v) is 13.7. The highest BCUT2D eigenvalue weighted by atomic mass is 32.2. The fourth-order valence-corrected chi connectivity index (χ4v) is 6.81. The summed E-state index contributed by atoms with van der Waals surface area (Å²) in [6, 6.07) is 12.6. The number of amides is 2. The van der Waals surface area contributed by atoms with Gasteiger partial charge in [-0.1, -0.05) is 30.3 Å². The number of carbonyl (C=O) groups excluding carboxylic acids is 1. The normalized spacial score (nSPS) is 22.5. The second kappa shape index (κ2) is 10.2. The van der Waals surface area contributed by atoms with Gasteiger partial charge >= 0.3 is 6.03 Å². The summed E-state index contributed by atoms with van der Waals surface area (Å²) in [5, 5.41) is 2.06. The third-order valence-electron chi connectivity index (χ3n) is 7.18. The smallest absolute Gasteiger partial charge is 0.317 e. The molecule has 0 saturated carbocycles. The van der Waals surface area contributed by atoms with Crippen LogP contribution in [0.25, 0.3) is 0 Å². The predicted octanol–water partition coefficient (Wildman–Crippen LogP) is 3.17. The van der Waals surface area contributed by atoms with E-state index in [1.165, 1.54) is 20.3 Å². The van der Waals surface area contributed by atoms with E-state index < -0.39 is 23.0 Å². The summed E-state index contributed by atoms with van der Waals surface area (Å²) in [5.41, 5.74) is 3.47. The number of piperidine rings is 1. The first-order chi connectivity index (χ1) is 18.1. The van der Waals surface area contributed by atoms with Crippen molar-refractivity contribution in [3.05, 3.63) is 59.2 Å². The monoisotopic (exact) mass is 501 g/mol.